The van der Waals surface area contributed by atoms with Gasteiger partial charge in [0.15, 0.2) is 4.34 Å². The summed E-state index contributed by atoms with van der Waals surface area (Å²) < 4.78 is 3.16. The van der Waals surface area contributed by atoms with Crippen molar-refractivity contribution < 1.29 is 4.79 Å². The fourth-order valence-corrected chi connectivity index (χ4v) is 7.33. The second-order valence-electron chi connectivity index (χ2n) is 9.31. The van der Waals surface area contributed by atoms with Gasteiger partial charge in [-0.2, -0.15) is 0 Å². The minimum atomic E-state index is -0.332. The Hall–Kier alpha value is -2.15. The maximum atomic E-state index is 13.6. The van der Waals surface area contributed by atoms with E-state index in [0.29, 0.717) is 5.75 Å². The number of rotatable bonds is 4. The van der Waals surface area contributed by atoms with Crippen LogP contribution in [-0.2, 0) is 10.2 Å². The second kappa shape index (κ2) is 8.57. The van der Waals surface area contributed by atoms with E-state index in [1.807, 2.05) is 29.2 Å². The fourth-order valence-electron chi connectivity index (χ4n) is 5.15. The molecule has 0 aliphatic carbocycles. The zero-order valence-corrected chi connectivity index (χ0v) is 22.1. The summed E-state index contributed by atoms with van der Waals surface area (Å²) in [5, 5.41) is 0. The summed E-state index contributed by atoms with van der Waals surface area (Å²) in [6.07, 6.45) is 0.843. The minimum absolute atomic E-state index is 0.120. The lowest BCUT2D eigenvalue weighted by molar-refractivity contribution is -0.117. The van der Waals surface area contributed by atoms with Gasteiger partial charge in [-0.25, -0.2) is 4.98 Å². The highest BCUT2D eigenvalue weighted by Gasteiger charge is 2.47. The standard InChI is InChI=1S/C27H25BrN2OS2/c1-26(2)17-27(3,18-12-14-19(28)15-13-18)20-8-4-6-10-22(20)30(26)24(31)16-32-25-29-21-9-5-7-11-23(21)33-25/h4-15H,16-17H2,1-3H3/t27-/m1/s1. The number of thioether (sulfide) groups is 1. The molecule has 0 saturated heterocycles. The van der Waals surface area contributed by atoms with Crippen LogP contribution in [0.1, 0.15) is 38.3 Å². The number of carbonyl (C=O) groups is 1. The molecule has 0 unspecified atom stereocenters. The van der Waals surface area contributed by atoms with Crippen molar-refractivity contribution >= 4 is 60.8 Å². The molecular weight excluding hydrogens is 512 g/mol. The maximum absolute atomic E-state index is 13.6. The highest BCUT2D eigenvalue weighted by Crippen LogP contribution is 2.50. The normalized spacial score (nSPS) is 19.5. The van der Waals surface area contributed by atoms with Crippen molar-refractivity contribution in [2.75, 3.05) is 10.7 Å². The van der Waals surface area contributed by atoms with E-state index in [2.05, 4.69) is 90.2 Å². The van der Waals surface area contributed by atoms with Gasteiger partial charge in [0.25, 0.3) is 0 Å². The molecule has 1 amide bonds. The molecule has 168 valence electrons. The number of fused-ring (bicyclic) bond motifs is 2. The summed E-state index contributed by atoms with van der Waals surface area (Å²) in [7, 11) is 0. The molecule has 0 spiro atoms. The van der Waals surface area contributed by atoms with Crippen molar-refractivity contribution in [2.45, 2.75) is 42.5 Å². The first-order valence-corrected chi connectivity index (χ1v) is 13.5. The van der Waals surface area contributed by atoms with Crippen LogP contribution in [-0.4, -0.2) is 22.2 Å². The number of amides is 1. The molecule has 1 aromatic heterocycles. The summed E-state index contributed by atoms with van der Waals surface area (Å²) in [6.45, 7) is 6.66. The first kappa shape index (κ1) is 22.6. The Kier molecular flexibility index (Phi) is 5.88. The lowest BCUT2D eigenvalue weighted by atomic mass is 9.65. The quantitative estimate of drug-likeness (QED) is 0.251. The van der Waals surface area contributed by atoms with E-state index in [4.69, 9.17) is 0 Å². The first-order chi connectivity index (χ1) is 15.8. The van der Waals surface area contributed by atoms with Crippen LogP contribution in [0, 0.1) is 0 Å². The lowest BCUT2D eigenvalue weighted by Crippen LogP contribution is -2.56. The average Bonchev–Trinajstić information content (AvgIpc) is 3.20. The van der Waals surface area contributed by atoms with E-state index in [9.17, 15) is 4.79 Å². The Labute approximate surface area is 211 Å². The molecule has 4 aromatic rings. The van der Waals surface area contributed by atoms with E-state index in [1.54, 1.807) is 11.3 Å². The molecule has 0 fully saturated rings. The highest BCUT2D eigenvalue weighted by atomic mass is 79.9. The van der Waals surface area contributed by atoms with Crippen LogP contribution in [0.4, 0.5) is 5.69 Å². The van der Waals surface area contributed by atoms with Gasteiger partial charge in [0.1, 0.15) is 0 Å². The molecule has 33 heavy (non-hydrogen) atoms. The van der Waals surface area contributed by atoms with Crippen molar-refractivity contribution in [3.63, 3.8) is 0 Å². The third-order valence-corrected chi connectivity index (χ3v) is 9.15. The number of nitrogens with zero attached hydrogens (tertiary/aromatic N) is 2. The van der Waals surface area contributed by atoms with Crippen LogP contribution in [0.5, 0.6) is 0 Å². The molecule has 3 aromatic carbocycles. The molecular formula is C27H25BrN2OS2. The second-order valence-corrected chi connectivity index (χ2v) is 12.5. The molecule has 3 nitrogen and oxygen atoms in total. The van der Waals surface area contributed by atoms with E-state index in [0.717, 1.165) is 31.1 Å². The maximum Gasteiger partial charge on any atom is 0.237 e. The van der Waals surface area contributed by atoms with Crippen LogP contribution in [0.25, 0.3) is 10.2 Å². The SMILES string of the molecule is CC1(C)C[C@](C)(c2ccc(Br)cc2)c2ccccc2N1C(=O)CSc1nc2ccccc2s1. The third-order valence-electron chi connectivity index (χ3n) is 6.46. The van der Waals surface area contributed by atoms with E-state index >= 15 is 0 Å². The van der Waals surface area contributed by atoms with Crippen molar-refractivity contribution in [3.05, 3.63) is 88.4 Å². The predicted octanol–water partition coefficient (Wildman–Crippen LogP) is 7.67. The summed E-state index contributed by atoms with van der Waals surface area (Å²) in [6, 6.07) is 25.1. The van der Waals surface area contributed by atoms with Crippen LogP contribution >= 0.6 is 39.0 Å². The Morgan fingerprint density at radius 2 is 1.73 bits per heavy atom. The molecule has 0 radical (unpaired) electrons. The molecule has 1 atom stereocenters. The van der Waals surface area contributed by atoms with Gasteiger partial charge in [0.2, 0.25) is 5.91 Å². The molecule has 1 aliphatic heterocycles. The largest absolute Gasteiger partial charge is 0.306 e. The molecule has 0 N–H and O–H groups in total. The topological polar surface area (TPSA) is 33.2 Å². The Bertz CT molecular complexity index is 1300. The number of halogens is 1. The number of thiazole rings is 1. The molecule has 1 aliphatic rings. The summed E-state index contributed by atoms with van der Waals surface area (Å²) in [5.74, 6) is 0.488. The monoisotopic (exact) mass is 536 g/mol. The van der Waals surface area contributed by atoms with Crippen LogP contribution in [0.3, 0.4) is 0 Å². The number of para-hydroxylation sites is 2. The van der Waals surface area contributed by atoms with E-state index in [1.165, 1.54) is 22.9 Å². The minimum Gasteiger partial charge on any atom is -0.306 e. The number of carbonyl (C=O) groups excluding carboxylic acids is 1. The highest BCUT2D eigenvalue weighted by molar-refractivity contribution is 9.10. The van der Waals surface area contributed by atoms with Gasteiger partial charge in [-0.3, -0.25) is 4.79 Å². The summed E-state index contributed by atoms with van der Waals surface area (Å²) >= 11 is 6.74. The smallest absolute Gasteiger partial charge is 0.237 e. The van der Waals surface area contributed by atoms with Crippen molar-refractivity contribution in [1.29, 1.82) is 0 Å². The molecule has 6 heteroatoms. The molecule has 0 saturated carbocycles. The van der Waals surface area contributed by atoms with Gasteiger partial charge in [0.05, 0.1) is 16.0 Å². The van der Waals surface area contributed by atoms with Gasteiger partial charge in [-0.05, 0) is 61.7 Å². The third kappa shape index (κ3) is 4.13. The number of anilines is 1. The fraction of sp³-hybridized carbons (Fsp3) is 0.259. The van der Waals surface area contributed by atoms with Crippen LogP contribution < -0.4 is 4.90 Å². The number of benzene rings is 3. The van der Waals surface area contributed by atoms with Gasteiger partial charge in [0, 0.05) is 21.1 Å². The summed E-state index contributed by atoms with van der Waals surface area (Å²) in [4.78, 5) is 20.3. The van der Waals surface area contributed by atoms with Crippen molar-refractivity contribution in [1.82, 2.24) is 4.98 Å². The predicted molar refractivity (Wildman–Crippen MR) is 144 cm³/mol. The number of hydrogen-bond donors (Lipinski definition) is 0. The van der Waals surface area contributed by atoms with Crippen LogP contribution in [0.2, 0.25) is 0 Å². The van der Waals surface area contributed by atoms with Gasteiger partial charge < -0.3 is 4.90 Å². The van der Waals surface area contributed by atoms with Gasteiger partial charge in [-0.1, -0.05) is 77.1 Å². The average molecular weight is 538 g/mol. The molecule has 2 heterocycles. The van der Waals surface area contributed by atoms with Gasteiger partial charge >= 0.3 is 0 Å². The summed E-state index contributed by atoms with van der Waals surface area (Å²) in [5.41, 5.74) is 3.95. The van der Waals surface area contributed by atoms with Crippen molar-refractivity contribution in [2.24, 2.45) is 0 Å². The Morgan fingerprint density at radius 1 is 1.03 bits per heavy atom. The lowest BCUT2D eigenvalue weighted by Gasteiger charge is -2.51. The zero-order valence-electron chi connectivity index (χ0n) is 18.8. The van der Waals surface area contributed by atoms with Gasteiger partial charge in [-0.15, -0.1) is 11.3 Å². The van der Waals surface area contributed by atoms with E-state index < -0.39 is 0 Å². The van der Waals surface area contributed by atoms with E-state index in [-0.39, 0.29) is 16.9 Å². The molecule has 0 bridgehead atoms. The first-order valence-electron chi connectivity index (χ1n) is 10.9. The van der Waals surface area contributed by atoms with Crippen LogP contribution in [0.15, 0.2) is 81.6 Å². The number of aromatic nitrogens is 1. The van der Waals surface area contributed by atoms with Crippen molar-refractivity contribution in [3.8, 4) is 0 Å². The molecule has 5 rings (SSSR count). The number of hydrogen-bond acceptors (Lipinski definition) is 4. The zero-order chi connectivity index (χ0) is 23.2. The Balaban J connectivity index is 1.47. The Morgan fingerprint density at radius 3 is 2.48 bits per heavy atom.